The number of rotatable bonds is 5. The molecule has 33 heavy (non-hydrogen) atoms. The monoisotopic (exact) mass is 468 g/mol. The molecule has 2 heterocycles. The maximum atomic E-state index is 13.0. The van der Waals surface area contributed by atoms with Crippen LogP contribution in [0.15, 0.2) is 48.5 Å². The molecule has 172 valence electrons. The molecule has 2 amide bonds. The number of thioether (sulfide) groups is 1. The largest absolute Gasteiger partial charge is 0.480 e. The lowest BCUT2D eigenvalue weighted by Crippen LogP contribution is -2.50. The van der Waals surface area contributed by atoms with Gasteiger partial charge in [-0.15, -0.1) is 11.8 Å². The quantitative estimate of drug-likeness (QED) is 0.695. The number of hydrogen-bond donors (Lipinski definition) is 2. The summed E-state index contributed by atoms with van der Waals surface area (Å²) in [4.78, 5) is 38.4. The smallest absolute Gasteiger partial charge is 0.407 e. The number of carbonyl (C=O) groups is 3. The minimum Gasteiger partial charge on any atom is -0.480 e. The number of nitrogens with one attached hydrogen (secondary N) is 1. The molecule has 2 aliphatic heterocycles. The summed E-state index contributed by atoms with van der Waals surface area (Å²) in [5.41, 5.74) is 4.53. The number of aliphatic carboxylic acids is 1. The molecule has 0 aromatic heterocycles. The maximum Gasteiger partial charge on any atom is 0.407 e. The van der Waals surface area contributed by atoms with Crippen molar-refractivity contribution in [2.75, 3.05) is 31.5 Å². The highest BCUT2D eigenvalue weighted by Gasteiger charge is 2.43. The number of carboxylic acid groups (broad SMARTS) is 1. The summed E-state index contributed by atoms with van der Waals surface area (Å²) in [5.74, 6) is -1.34. The Morgan fingerprint density at radius 3 is 2.39 bits per heavy atom. The highest BCUT2D eigenvalue weighted by atomic mass is 32.2. The SMILES string of the molecule is O=C(NC1COCC1C(=O)N1CSCC1C(=O)O)OCC1c2ccccc2-c2ccccc21. The van der Waals surface area contributed by atoms with E-state index >= 15 is 0 Å². The van der Waals surface area contributed by atoms with Gasteiger partial charge in [-0.25, -0.2) is 9.59 Å². The Kier molecular flexibility index (Phi) is 5.99. The summed E-state index contributed by atoms with van der Waals surface area (Å²) in [6.45, 7) is 0.496. The molecule has 2 aromatic carbocycles. The van der Waals surface area contributed by atoms with Crippen molar-refractivity contribution in [3.8, 4) is 11.1 Å². The van der Waals surface area contributed by atoms with E-state index in [4.69, 9.17) is 9.47 Å². The molecular formula is C24H24N2O6S. The van der Waals surface area contributed by atoms with Crippen molar-refractivity contribution in [1.29, 1.82) is 0 Å². The van der Waals surface area contributed by atoms with Crippen molar-refractivity contribution >= 4 is 29.7 Å². The van der Waals surface area contributed by atoms with E-state index in [2.05, 4.69) is 17.4 Å². The zero-order valence-electron chi connectivity index (χ0n) is 17.8. The Morgan fingerprint density at radius 2 is 1.73 bits per heavy atom. The van der Waals surface area contributed by atoms with Crippen LogP contribution in [0.5, 0.6) is 0 Å². The summed E-state index contributed by atoms with van der Waals surface area (Å²) in [6, 6.07) is 14.8. The van der Waals surface area contributed by atoms with Crippen LogP contribution in [0, 0.1) is 5.92 Å². The number of nitrogens with zero attached hydrogens (tertiary/aromatic N) is 1. The summed E-state index contributed by atoms with van der Waals surface area (Å²) in [5, 5.41) is 12.1. The van der Waals surface area contributed by atoms with Gasteiger partial charge in [0.2, 0.25) is 5.91 Å². The molecule has 2 saturated heterocycles. The van der Waals surface area contributed by atoms with E-state index in [0.717, 1.165) is 22.3 Å². The third-order valence-electron chi connectivity index (χ3n) is 6.50. The first-order valence-corrected chi connectivity index (χ1v) is 12.0. The molecule has 1 aliphatic carbocycles. The highest BCUT2D eigenvalue weighted by Crippen LogP contribution is 2.44. The van der Waals surface area contributed by atoms with Gasteiger partial charge in [-0.2, -0.15) is 0 Å². The molecule has 2 N–H and O–H groups in total. The molecule has 2 aromatic rings. The summed E-state index contributed by atoms with van der Waals surface area (Å²) < 4.78 is 11.0. The van der Waals surface area contributed by atoms with Crippen molar-refractivity contribution in [2.45, 2.75) is 18.0 Å². The Balaban J connectivity index is 1.23. The Bertz CT molecular complexity index is 1050. The third-order valence-corrected chi connectivity index (χ3v) is 7.51. The van der Waals surface area contributed by atoms with Gasteiger partial charge in [-0.05, 0) is 22.3 Å². The van der Waals surface area contributed by atoms with E-state index in [1.54, 1.807) is 0 Å². The fourth-order valence-corrected chi connectivity index (χ4v) is 5.96. The van der Waals surface area contributed by atoms with E-state index in [1.807, 2.05) is 36.4 Å². The lowest BCUT2D eigenvalue weighted by atomic mass is 9.98. The Morgan fingerprint density at radius 1 is 1.06 bits per heavy atom. The first-order chi connectivity index (χ1) is 16.0. The number of carboxylic acids is 1. The number of fused-ring (bicyclic) bond motifs is 3. The minimum absolute atomic E-state index is 0.0571. The second-order valence-electron chi connectivity index (χ2n) is 8.38. The van der Waals surface area contributed by atoms with Gasteiger partial charge < -0.3 is 24.8 Å². The number of amides is 2. The summed E-state index contributed by atoms with van der Waals surface area (Å²) >= 11 is 1.40. The van der Waals surface area contributed by atoms with Crippen molar-refractivity contribution in [2.24, 2.45) is 5.92 Å². The van der Waals surface area contributed by atoms with Crippen LogP contribution in [0.25, 0.3) is 11.1 Å². The first kappa shape index (κ1) is 21.8. The van der Waals surface area contributed by atoms with Gasteiger partial charge in [0.1, 0.15) is 12.6 Å². The average Bonchev–Trinajstić information content (AvgIpc) is 3.55. The lowest BCUT2D eigenvalue weighted by Gasteiger charge is -2.26. The predicted molar refractivity (Wildman–Crippen MR) is 122 cm³/mol. The van der Waals surface area contributed by atoms with Crippen LogP contribution >= 0.6 is 11.8 Å². The van der Waals surface area contributed by atoms with E-state index in [1.165, 1.54) is 16.7 Å². The topological polar surface area (TPSA) is 105 Å². The first-order valence-electron chi connectivity index (χ1n) is 10.8. The van der Waals surface area contributed by atoms with E-state index in [-0.39, 0.29) is 31.6 Å². The lowest BCUT2D eigenvalue weighted by molar-refractivity contribution is -0.149. The molecule has 9 heteroatoms. The number of carbonyl (C=O) groups excluding carboxylic acids is 2. The van der Waals surface area contributed by atoms with Gasteiger partial charge in [0, 0.05) is 11.7 Å². The molecule has 3 atom stereocenters. The highest BCUT2D eigenvalue weighted by molar-refractivity contribution is 7.99. The van der Waals surface area contributed by atoms with Gasteiger partial charge in [-0.3, -0.25) is 4.79 Å². The fraction of sp³-hybridized carbons (Fsp3) is 0.375. The van der Waals surface area contributed by atoms with Crippen molar-refractivity contribution in [1.82, 2.24) is 10.2 Å². The number of ether oxygens (including phenoxy) is 2. The second-order valence-corrected chi connectivity index (χ2v) is 9.38. The number of alkyl carbamates (subject to hydrolysis) is 1. The zero-order chi connectivity index (χ0) is 22.9. The van der Waals surface area contributed by atoms with Gasteiger partial charge >= 0.3 is 12.1 Å². The fourth-order valence-electron chi connectivity index (χ4n) is 4.81. The van der Waals surface area contributed by atoms with Crippen LogP contribution in [-0.2, 0) is 19.1 Å². The molecular weight excluding hydrogens is 444 g/mol. The van der Waals surface area contributed by atoms with E-state index in [0.29, 0.717) is 11.6 Å². The summed E-state index contributed by atoms with van der Waals surface area (Å²) in [7, 11) is 0. The van der Waals surface area contributed by atoms with Gasteiger partial charge in [0.05, 0.1) is 31.1 Å². The molecule has 0 saturated carbocycles. The molecule has 3 unspecified atom stereocenters. The Labute approximate surface area is 195 Å². The molecule has 0 spiro atoms. The molecule has 5 rings (SSSR count). The predicted octanol–water partition coefficient (Wildman–Crippen LogP) is 2.53. The van der Waals surface area contributed by atoms with Crippen LogP contribution in [0.1, 0.15) is 17.0 Å². The number of hydrogen-bond acceptors (Lipinski definition) is 6. The standard InChI is InChI=1S/C24H24N2O6S/c27-22(26-13-33-12-21(26)23(28)29)19-9-31-11-20(19)25-24(30)32-10-18-16-7-3-1-5-14(16)15-6-2-4-8-17(15)18/h1-8,18-21H,9-13H2,(H,25,30)(H,28,29). The molecule has 8 nitrogen and oxygen atoms in total. The van der Waals surface area contributed by atoms with Gasteiger partial charge in [0.25, 0.3) is 0 Å². The van der Waals surface area contributed by atoms with Crippen LogP contribution in [-0.4, -0.2) is 71.5 Å². The molecule has 0 radical (unpaired) electrons. The summed E-state index contributed by atoms with van der Waals surface area (Å²) in [6.07, 6.45) is -0.615. The van der Waals surface area contributed by atoms with Gasteiger partial charge in [-0.1, -0.05) is 48.5 Å². The van der Waals surface area contributed by atoms with Crippen molar-refractivity contribution < 1.29 is 29.0 Å². The molecule has 0 bridgehead atoms. The second kappa shape index (κ2) is 9.07. The van der Waals surface area contributed by atoms with E-state index in [9.17, 15) is 19.5 Å². The van der Waals surface area contributed by atoms with Gasteiger partial charge in [0.15, 0.2) is 0 Å². The Hall–Kier alpha value is -3.04. The zero-order valence-corrected chi connectivity index (χ0v) is 18.6. The van der Waals surface area contributed by atoms with Crippen LogP contribution < -0.4 is 5.32 Å². The van der Waals surface area contributed by atoms with Crippen LogP contribution in [0.2, 0.25) is 0 Å². The van der Waals surface area contributed by atoms with Crippen molar-refractivity contribution in [3.63, 3.8) is 0 Å². The normalized spacial score (nSPS) is 23.8. The molecule has 3 aliphatic rings. The number of benzene rings is 2. The van der Waals surface area contributed by atoms with Crippen molar-refractivity contribution in [3.05, 3.63) is 59.7 Å². The molecule has 2 fully saturated rings. The van der Waals surface area contributed by atoms with Crippen LogP contribution in [0.4, 0.5) is 4.79 Å². The third kappa shape index (κ3) is 4.06. The van der Waals surface area contributed by atoms with E-state index < -0.39 is 30.1 Å². The minimum atomic E-state index is -1.02. The average molecular weight is 469 g/mol. The maximum absolute atomic E-state index is 13.0. The van der Waals surface area contributed by atoms with Crippen LogP contribution in [0.3, 0.4) is 0 Å².